The Labute approximate surface area is 781 Å². The Morgan fingerprint density at radius 2 is 0.615 bits per heavy atom. The van der Waals surface area contributed by atoms with E-state index in [-0.39, 0.29) is 129 Å². The summed E-state index contributed by atoms with van der Waals surface area (Å²) in [6.45, 7) is 17.3. The Kier molecular flexibility index (Phi) is 52.9. The van der Waals surface area contributed by atoms with Gasteiger partial charge in [0.2, 0.25) is 53.2 Å². The summed E-state index contributed by atoms with van der Waals surface area (Å²) in [6, 6.07) is -4.63. The smallest absolute Gasteiger partial charge is 0.408 e. The molecule has 0 radical (unpaired) electrons. The van der Waals surface area contributed by atoms with Gasteiger partial charge in [-0.25, -0.2) is 4.79 Å². The van der Waals surface area contributed by atoms with E-state index in [1.807, 2.05) is 0 Å². The molecule has 49 heteroatoms. The Balaban J connectivity index is 1.38. The zero-order valence-corrected chi connectivity index (χ0v) is 78.7. The lowest BCUT2D eigenvalue weighted by atomic mass is 9.96. The molecule has 10 amide bonds. The van der Waals surface area contributed by atoms with Gasteiger partial charge in [-0.2, -0.15) is 0 Å². The molecule has 760 valence electrons. The van der Waals surface area contributed by atoms with Crippen LogP contribution in [0.5, 0.6) is 0 Å². The second-order valence-electron chi connectivity index (χ2n) is 32.2. The first-order valence-electron chi connectivity index (χ1n) is 44.1. The molecule has 0 saturated carbocycles. The van der Waals surface area contributed by atoms with Crippen LogP contribution in [0.1, 0.15) is 181 Å². The molecular formula is C86H132N10O39. The van der Waals surface area contributed by atoms with Crippen LogP contribution in [0.4, 0.5) is 4.79 Å². The molecule has 10 N–H and O–H groups in total. The molecule has 4 aliphatic heterocycles. The summed E-state index contributed by atoms with van der Waals surface area (Å²) in [5, 5.41) is 26.9. The number of alkyl carbamates (subject to hydrolysis) is 1. The fourth-order valence-corrected chi connectivity index (χ4v) is 13.7. The molecule has 0 bridgehead atoms. The average molecular weight is 1930 g/mol. The zero-order valence-electron chi connectivity index (χ0n) is 78.7. The molecule has 19 atom stereocenters. The number of rotatable bonds is 56. The third kappa shape index (κ3) is 47.7. The van der Waals surface area contributed by atoms with Crippen LogP contribution in [0.2, 0.25) is 0 Å². The van der Waals surface area contributed by atoms with E-state index in [1.54, 1.807) is 20.8 Å². The third-order valence-electron chi connectivity index (χ3n) is 19.1. The van der Waals surface area contributed by atoms with Gasteiger partial charge in [0.05, 0.1) is 31.4 Å². The Hall–Kier alpha value is -11.9. The summed E-state index contributed by atoms with van der Waals surface area (Å²) in [7, 11) is 0. The van der Waals surface area contributed by atoms with Crippen LogP contribution in [0, 0.1) is 0 Å². The highest BCUT2D eigenvalue weighted by Crippen LogP contribution is 2.33. The van der Waals surface area contributed by atoms with Crippen LogP contribution in [-0.2, 0) is 181 Å². The van der Waals surface area contributed by atoms with Crippen LogP contribution in [0.15, 0.2) is 37.0 Å². The molecule has 0 spiro atoms. The van der Waals surface area contributed by atoms with Gasteiger partial charge in [-0.3, -0.25) is 86.3 Å². The zero-order chi connectivity index (χ0) is 100. The van der Waals surface area contributed by atoms with Crippen molar-refractivity contribution >= 4 is 113 Å². The number of carbonyl (C=O) groups is 19. The molecule has 4 fully saturated rings. The highest BCUT2D eigenvalue weighted by atomic mass is 16.7. The van der Waals surface area contributed by atoms with E-state index in [2.05, 4.69) is 53.2 Å². The van der Waals surface area contributed by atoms with E-state index < -0.39 is 237 Å². The van der Waals surface area contributed by atoms with Gasteiger partial charge in [-0.1, -0.05) is 0 Å². The van der Waals surface area contributed by atoms with Crippen molar-refractivity contribution in [3.05, 3.63) is 37.0 Å². The number of amides is 10. The Morgan fingerprint density at radius 3 is 0.911 bits per heavy atom. The summed E-state index contributed by atoms with van der Waals surface area (Å²) in [4.78, 5) is 237. The van der Waals surface area contributed by atoms with Crippen molar-refractivity contribution in [3.8, 4) is 0 Å². The molecule has 135 heavy (non-hydrogen) atoms. The first-order valence-corrected chi connectivity index (χ1v) is 44.1. The van der Waals surface area contributed by atoms with Gasteiger partial charge in [-0.15, -0.1) is 0 Å². The molecule has 4 rings (SSSR count). The molecule has 0 aromatic rings. The van der Waals surface area contributed by atoms with Crippen molar-refractivity contribution < 1.29 is 186 Å². The lowest BCUT2D eigenvalue weighted by Crippen LogP contribution is -2.66. The molecular weight excluding hydrogens is 1800 g/mol. The minimum atomic E-state index is -1.33. The summed E-state index contributed by atoms with van der Waals surface area (Å²) < 4.78 is 114. The van der Waals surface area contributed by atoms with Crippen LogP contribution in [-0.4, -0.2) is 327 Å². The number of nitrogens with one attached hydrogen (secondary N) is 10. The topological polar surface area (TPSA) is 629 Å². The van der Waals surface area contributed by atoms with Crippen LogP contribution in [0.25, 0.3) is 0 Å². The fourth-order valence-electron chi connectivity index (χ4n) is 13.7. The van der Waals surface area contributed by atoms with Crippen molar-refractivity contribution in [1.82, 2.24) is 53.2 Å². The second-order valence-corrected chi connectivity index (χ2v) is 32.2. The molecule has 4 aliphatic rings. The van der Waals surface area contributed by atoms with E-state index in [9.17, 15) is 91.1 Å². The standard InChI is InChI=1S/C86H132N10O39/c1-48(97)93-71-79(129-57(10)106)76(126-54(7)103)62(45-122-51(4)100)132-82(71)119-37-19-16-25-65(109)87-31-22-34-90-68(112)28-40-116-44-61-75(118-42-30-70(114)92-36-24-33-89-67(111)27-18-21-39-121-84-73(95-50(3)99)81(131-59(12)108)78(128-56(9)105)64(134-84)47-124-53(6)102)74(60(43-125-61)96-85(115)135-86(13,14)15)117-41-29-69(113)91-35-23-32-88-66(110)26-17-20-38-120-83-72(94-49(2)98)80(130-58(11)107)77(127-55(8)104)63(133-83)46-123-52(5)101/h28-30,40-42,60-64,71-84H,16-27,31-39,43-47H2,1-15H3,(H,87,109)(H,88,110)(H,89,111)(H,90,112)(H,91,113)(H,92,114)(H,93,97)(H,94,98)(H,95,99)(H,96,115)/b40-28+,41-29+,42-30+/t60-,61+,62+,63+,64+,71+,72+,73+,74+,75+,76-,77-,78-,79+,80+,81+,82+,83+,84+/m0/s1. The van der Waals surface area contributed by atoms with E-state index in [0.717, 1.165) is 99.3 Å². The summed E-state index contributed by atoms with van der Waals surface area (Å²) in [5.41, 5.74) is -0.983. The molecule has 0 aromatic heterocycles. The normalized spacial score (nSPS) is 24.2. The monoisotopic (exact) mass is 1930 g/mol. The molecule has 4 heterocycles. The van der Waals surface area contributed by atoms with Crippen molar-refractivity contribution in [1.29, 1.82) is 0 Å². The number of carbonyl (C=O) groups excluding carboxylic acids is 19. The average Bonchev–Trinajstić information content (AvgIpc) is 0.785. The van der Waals surface area contributed by atoms with Gasteiger partial charge in [-0.05, 0) is 78.6 Å². The highest BCUT2D eigenvalue weighted by molar-refractivity contribution is 5.88. The quantitative estimate of drug-likeness (QED) is 0.0115. The largest absolute Gasteiger partial charge is 0.498 e. The summed E-state index contributed by atoms with van der Waals surface area (Å²) in [5.74, 6) is -11.3. The molecule has 4 saturated heterocycles. The Bertz CT molecular complexity index is 4010. The van der Waals surface area contributed by atoms with Gasteiger partial charge in [0.1, 0.15) is 74.6 Å². The van der Waals surface area contributed by atoms with E-state index in [1.165, 1.54) is 20.8 Å². The fraction of sp³-hybridized carbons (Fsp3) is 0.709. The number of ether oxygens (including phenoxy) is 20. The van der Waals surface area contributed by atoms with Crippen LogP contribution < -0.4 is 53.2 Å². The molecule has 0 aromatic carbocycles. The van der Waals surface area contributed by atoms with Crippen LogP contribution in [0.3, 0.4) is 0 Å². The van der Waals surface area contributed by atoms with Gasteiger partial charge >= 0.3 is 59.8 Å². The maximum atomic E-state index is 13.4. The first-order chi connectivity index (χ1) is 63.9. The van der Waals surface area contributed by atoms with Gasteiger partial charge < -0.3 is 148 Å². The first kappa shape index (κ1) is 115. The number of hydrogen-bond donors (Lipinski definition) is 10. The predicted molar refractivity (Wildman–Crippen MR) is 459 cm³/mol. The van der Waals surface area contributed by atoms with Crippen molar-refractivity contribution in [2.75, 3.05) is 92.1 Å². The van der Waals surface area contributed by atoms with Gasteiger partial charge in [0, 0.05) is 180 Å². The lowest BCUT2D eigenvalue weighted by Gasteiger charge is -2.44. The van der Waals surface area contributed by atoms with Crippen LogP contribution >= 0.6 is 0 Å². The van der Waals surface area contributed by atoms with Crippen molar-refractivity contribution in [2.45, 2.75) is 303 Å². The lowest BCUT2D eigenvalue weighted by molar-refractivity contribution is -0.277. The SMILES string of the molecule is CC(=O)N[C@H]1[C@H](OCCCCC(=O)NCCCNC(=O)/C=C/OC[C@H]2OC[C@H](NC(=O)OC(C)(C)C)[C@@H](O/C=C/C(=O)NCCCNC(=O)CCCCO[C@@H]3O[C@H](COC(C)=O)[C@H](OC(C)=O)[C@H](OC(C)=O)[C@H]3NC(C)=O)[C@@H]2O/C=C/C(=O)NCCCNC(=O)CCCCO[C@@H]2O[C@H](COC(C)=O)[C@H](OC(C)=O)[C@H](OC(C)=O)[C@H]2NC(C)=O)O[C@H](COC(C)=O)[C@H](OC(C)=O)[C@@H]1OC(C)=O. The number of esters is 9. The highest BCUT2D eigenvalue weighted by Gasteiger charge is 2.55. The number of unbranched alkanes of at least 4 members (excludes halogenated alkanes) is 3. The van der Waals surface area contributed by atoms with E-state index in [4.69, 9.17) is 94.7 Å². The van der Waals surface area contributed by atoms with Crippen molar-refractivity contribution in [2.24, 2.45) is 0 Å². The number of hydrogen-bond acceptors (Lipinski definition) is 39. The summed E-state index contributed by atoms with van der Waals surface area (Å²) >= 11 is 0. The minimum Gasteiger partial charge on any atom is -0.498 e. The second kappa shape index (κ2) is 61.9. The molecule has 49 nitrogen and oxygen atoms in total. The maximum Gasteiger partial charge on any atom is 0.408 e. The molecule has 0 unspecified atom stereocenters. The summed E-state index contributed by atoms with van der Waals surface area (Å²) in [6.07, 6.45) is -10.8. The Morgan fingerprint density at radius 1 is 0.319 bits per heavy atom. The van der Waals surface area contributed by atoms with Gasteiger partial charge in [0.15, 0.2) is 67.7 Å². The minimum absolute atomic E-state index is 0.0206. The third-order valence-corrected chi connectivity index (χ3v) is 19.1. The van der Waals surface area contributed by atoms with E-state index >= 15 is 0 Å². The van der Waals surface area contributed by atoms with Crippen molar-refractivity contribution in [3.63, 3.8) is 0 Å². The van der Waals surface area contributed by atoms with E-state index in [0.29, 0.717) is 38.5 Å². The van der Waals surface area contributed by atoms with Gasteiger partial charge in [0.25, 0.3) is 0 Å². The molecule has 0 aliphatic carbocycles. The predicted octanol–water partition coefficient (Wildman–Crippen LogP) is -0.997. The maximum absolute atomic E-state index is 13.4.